The number of hydrogen-bond donors (Lipinski definition) is 0. The first-order valence-corrected chi connectivity index (χ1v) is 9.03. The van der Waals surface area contributed by atoms with Crippen LogP contribution in [0.15, 0.2) is 11.6 Å². The lowest BCUT2D eigenvalue weighted by Gasteiger charge is -2.58. The van der Waals surface area contributed by atoms with E-state index in [4.69, 9.17) is 0 Å². The molecule has 4 atom stereocenters. The maximum absolute atomic E-state index is 2.68. The van der Waals surface area contributed by atoms with Crippen molar-refractivity contribution >= 4 is 0 Å². The normalized spacial score (nSPS) is 43.7. The van der Waals surface area contributed by atoms with Crippen LogP contribution in [-0.4, -0.2) is 0 Å². The van der Waals surface area contributed by atoms with Gasteiger partial charge in [0.1, 0.15) is 0 Å². The molecular formula is C20H34. The lowest BCUT2D eigenvalue weighted by Crippen LogP contribution is -2.49. The van der Waals surface area contributed by atoms with Crippen LogP contribution in [0.5, 0.6) is 0 Å². The van der Waals surface area contributed by atoms with Crippen LogP contribution in [0, 0.1) is 34.5 Å². The monoisotopic (exact) mass is 274 g/mol. The topological polar surface area (TPSA) is 0 Å². The Morgan fingerprint density at radius 2 is 1.85 bits per heavy atom. The van der Waals surface area contributed by atoms with Crippen LogP contribution >= 0.6 is 0 Å². The highest BCUT2D eigenvalue weighted by atomic mass is 14.6. The maximum atomic E-state index is 2.68. The second-order valence-corrected chi connectivity index (χ2v) is 9.25. The Hall–Kier alpha value is -0.260. The molecule has 0 spiro atoms. The Balaban J connectivity index is 1.88. The van der Waals surface area contributed by atoms with Crippen LogP contribution in [0.3, 0.4) is 0 Å². The molecule has 0 heterocycles. The fourth-order valence-corrected chi connectivity index (χ4v) is 6.10. The highest BCUT2D eigenvalue weighted by Gasteiger charge is 2.53. The smallest absolute Gasteiger partial charge is 0.0146 e. The minimum atomic E-state index is 0.559. The minimum absolute atomic E-state index is 0.559. The van der Waals surface area contributed by atoms with Gasteiger partial charge in [0.15, 0.2) is 0 Å². The predicted molar refractivity (Wildman–Crippen MR) is 87.6 cm³/mol. The van der Waals surface area contributed by atoms with Crippen molar-refractivity contribution in [3.8, 4) is 0 Å². The van der Waals surface area contributed by atoms with E-state index in [0.29, 0.717) is 10.8 Å². The van der Waals surface area contributed by atoms with E-state index in [1.54, 1.807) is 0 Å². The summed E-state index contributed by atoms with van der Waals surface area (Å²) in [5.74, 6) is 3.66. The van der Waals surface area contributed by atoms with E-state index < -0.39 is 0 Å². The number of hydrogen-bond acceptors (Lipinski definition) is 0. The summed E-state index contributed by atoms with van der Waals surface area (Å²) in [6.07, 6.45) is 12.8. The number of rotatable bonds is 1. The lowest BCUT2D eigenvalue weighted by molar-refractivity contribution is -0.0478. The van der Waals surface area contributed by atoms with Gasteiger partial charge in [0.25, 0.3) is 0 Å². The molecule has 3 aliphatic rings. The molecule has 0 aromatic heterocycles. The van der Waals surface area contributed by atoms with Crippen LogP contribution in [0.2, 0.25) is 0 Å². The fourth-order valence-electron chi connectivity index (χ4n) is 6.10. The molecule has 0 saturated heterocycles. The molecule has 0 heteroatoms. The summed E-state index contributed by atoms with van der Waals surface area (Å²) in [4.78, 5) is 0. The zero-order valence-corrected chi connectivity index (χ0v) is 14.3. The third-order valence-electron chi connectivity index (χ3n) is 7.40. The van der Waals surface area contributed by atoms with E-state index in [2.05, 4.69) is 40.7 Å². The molecule has 0 aliphatic heterocycles. The summed E-state index contributed by atoms with van der Waals surface area (Å²) in [7, 11) is 0. The van der Waals surface area contributed by atoms with Crippen molar-refractivity contribution in [3.63, 3.8) is 0 Å². The van der Waals surface area contributed by atoms with Crippen LogP contribution < -0.4 is 0 Å². The van der Waals surface area contributed by atoms with Gasteiger partial charge in [-0.1, -0.05) is 52.7 Å². The Morgan fingerprint density at radius 1 is 1.10 bits per heavy atom. The average molecular weight is 274 g/mol. The molecule has 0 bridgehead atoms. The third-order valence-corrected chi connectivity index (χ3v) is 7.40. The summed E-state index contributed by atoms with van der Waals surface area (Å²) >= 11 is 0. The van der Waals surface area contributed by atoms with Crippen molar-refractivity contribution in [2.24, 2.45) is 34.5 Å². The summed E-state index contributed by atoms with van der Waals surface area (Å²) in [6.45, 7) is 12.6. The molecular weight excluding hydrogens is 240 g/mol. The molecule has 0 aromatic rings. The number of fused-ring (bicyclic) bond motifs is 3. The molecule has 0 radical (unpaired) electrons. The fraction of sp³-hybridized carbons (Fsp3) is 0.900. The Morgan fingerprint density at radius 3 is 2.55 bits per heavy atom. The van der Waals surface area contributed by atoms with Gasteiger partial charge in [-0.3, -0.25) is 0 Å². The largest absolute Gasteiger partial charge is 0.0847 e. The van der Waals surface area contributed by atoms with Gasteiger partial charge >= 0.3 is 0 Å². The summed E-state index contributed by atoms with van der Waals surface area (Å²) in [5.41, 5.74) is 3.02. The van der Waals surface area contributed by atoms with Gasteiger partial charge in [-0.15, -0.1) is 0 Å². The molecule has 114 valence electrons. The highest BCUT2D eigenvalue weighted by molar-refractivity contribution is 5.22. The Labute approximate surface area is 126 Å². The molecule has 0 amide bonds. The van der Waals surface area contributed by atoms with E-state index in [-0.39, 0.29) is 0 Å². The van der Waals surface area contributed by atoms with Crippen molar-refractivity contribution in [2.75, 3.05) is 0 Å². The standard InChI is InChI=1S/C20H34/c1-14(2)15-7-9-17-16(13-15)8-10-18-19(3,4)11-6-12-20(17,18)5/h8,14-15,17-18H,6-7,9-13H2,1-5H3. The zero-order chi connectivity index (χ0) is 14.5. The molecule has 0 aromatic carbocycles. The van der Waals surface area contributed by atoms with Crippen molar-refractivity contribution < 1.29 is 0 Å². The van der Waals surface area contributed by atoms with Crippen molar-refractivity contribution in [1.82, 2.24) is 0 Å². The van der Waals surface area contributed by atoms with Gasteiger partial charge in [0, 0.05) is 0 Å². The molecule has 0 nitrogen and oxygen atoms in total. The van der Waals surface area contributed by atoms with Gasteiger partial charge in [-0.25, -0.2) is 0 Å². The third kappa shape index (κ3) is 2.18. The summed E-state index contributed by atoms with van der Waals surface area (Å²) in [5, 5.41) is 0. The second-order valence-electron chi connectivity index (χ2n) is 9.25. The predicted octanol–water partition coefficient (Wildman–Crippen LogP) is 6.22. The van der Waals surface area contributed by atoms with Gasteiger partial charge < -0.3 is 0 Å². The maximum Gasteiger partial charge on any atom is -0.0146 e. The van der Waals surface area contributed by atoms with Gasteiger partial charge in [0.2, 0.25) is 0 Å². The van der Waals surface area contributed by atoms with Gasteiger partial charge in [0.05, 0.1) is 0 Å². The van der Waals surface area contributed by atoms with Crippen LogP contribution in [-0.2, 0) is 0 Å². The van der Waals surface area contributed by atoms with E-state index in [1.807, 2.05) is 5.57 Å². The van der Waals surface area contributed by atoms with Crippen molar-refractivity contribution in [2.45, 2.75) is 79.6 Å². The van der Waals surface area contributed by atoms with Crippen molar-refractivity contribution in [3.05, 3.63) is 11.6 Å². The molecule has 2 saturated carbocycles. The van der Waals surface area contributed by atoms with E-state index >= 15 is 0 Å². The van der Waals surface area contributed by atoms with E-state index in [0.717, 1.165) is 23.7 Å². The van der Waals surface area contributed by atoms with E-state index in [1.165, 1.54) is 44.9 Å². The van der Waals surface area contributed by atoms with Crippen LogP contribution in [0.4, 0.5) is 0 Å². The van der Waals surface area contributed by atoms with Gasteiger partial charge in [-0.2, -0.15) is 0 Å². The van der Waals surface area contributed by atoms with Crippen molar-refractivity contribution in [1.29, 1.82) is 0 Å². The Bertz CT molecular complexity index is 400. The highest BCUT2D eigenvalue weighted by Crippen LogP contribution is 2.62. The molecule has 2 fully saturated rings. The molecule has 20 heavy (non-hydrogen) atoms. The first-order valence-electron chi connectivity index (χ1n) is 9.03. The number of allylic oxidation sites excluding steroid dienone is 2. The summed E-state index contributed by atoms with van der Waals surface area (Å²) < 4.78 is 0. The summed E-state index contributed by atoms with van der Waals surface area (Å²) in [6, 6.07) is 0. The lowest BCUT2D eigenvalue weighted by atomic mass is 9.46. The quantitative estimate of drug-likeness (QED) is 0.498. The molecule has 0 N–H and O–H groups in total. The molecule has 3 rings (SSSR count). The minimum Gasteiger partial charge on any atom is -0.0847 e. The average Bonchev–Trinajstić information content (AvgIpc) is 2.37. The van der Waals surface area contributed by atoms with Crippen LogP contribution in [0.25, 0.3) is 0 Å². The van der Waals surface area contributed by atoms with Gasteiger partial charge in [-0.05, 0) is 73.0 Å². The molecule has 3 aliphatic carbocycles. The first-order chi connectivity index (χ1) is 9.34. The van der Waals surface area contributed by atoms with E-state index in [9.17, 15) is 0 Å². The SMILES string of the molecule is CC(C)C1CCC2C(=CCC3C(C)(C)CCCC23C)C1. The first kappa shape index (κ1) is 14.7. The zero-order valence-electron chi connectivity index (χ0n) is 14.3. The molecule has 4 unspecified atom stereocenters. The van der Waals surface area contributed by atoms with Crippen LogP contribution in [0.1, 0.15) is 79.6 Å². The Kier molecular flexibility index (Phi) is 3.58. The second kappa shape index (κ2) is 4.89.